The number of fused-ring (bicyclic) bond motifs is 2. The Hall–Kier alpha value is -2.33. The lowest BCUT2D eigenvalue weighted by atomic mass is 10.00. The highest BCUT2D eigenvalue weighted by molar-refractivity contribution is 7.99. The van der Waals surface area contributed by atoms with Gasteiger partial charge in [0.2, 0.25) is 5.91 Å². The van der Waals surface area contributed by atoms with Crippen molar-refractivity contribution in [2.75, 3.05) is 12.3 Å². The fourth-order valence-electron chi connectivity index (χ4n) is 3.33. The number of thioether (sulfide) groups is 1. The first-order valence-corrected chi connectivity index (χ1v) is 9.53. The Morgan fingerprint density at radius 3 is 2.76 bits per heavy atom. The molecule has 0 spiro atoms. The number of pyridine rings is 1. The van der Waals surface area contributed by atoms with Crippen molar-refractivity contribution in [2.24, 2.45) is 0 Å². The molecule has 0 saturated carbocycles. The molecule has 2 heterocycles. The Labute approximate surface area is 152 Å². The molecule has 1 amide bonds. The Morgan fingerprint density at radius 2 is 1.88 bits per heavy atom. The van der Waals surface area contributed by atoms with Gasteiger partial charge in [-0.05, 0) is 42.2 Å². The molecule has 0 atom stereocenters. The molecule has 0 fully saturated rings. The van der Waals surface area contributed by atoms with Gasteiger partial charge in [0, 0.05) is 18.5 Å². The largest absolute Gasteiger partial charge is 0.337 e. The molecular formula is C21H20N2OS. The number of aryl methyl sites for hydroxylation is 1. The first-order valence-electron chi connectivity index (χ1n) is 8.54. The van der Waals surface area contributed by atoms with Crippen molar-refractivity contribution in [1.29, 1.82) is 0 Å². The summed E-state index contributed by atoms with van der Waals surface area (Å²) in [6.45, 7) is 3.62. The second-order valence-corrected chi connectivity index (χ2v) is 7.41. The van der Waals surface area contributed by atoms with E-state index < -0.39 is 0 Å². The van der Waals surface area contributed by atoms with E-state index in [0.717, 1.165) is 30.1 Å². The summed E-state index contributed by atoms with van der Waals surface area (Å²) >= 11 is 1.53. The highest BCUT2D eigenvalue weighted by atomic mass is 32.2. The minimum absolute atomic E-state index is 0.187. The number of carbonyl (C=O) groups excluding carboxylic acids is 1. The van der Waals surface area contributed by atoms with Crippen molar-refractivity contribution in [3.8, 4) is 0 Å². The topological polar surface area (TPSA) is 33.2 Å². The molecule has 0 unspecified atom stereocenters. The Balaban J connectivity index is 1.44. The maximum atomic E-state index is 12.6. The second kappa shape index (κ2) is 6.89. The summed E-state index contributed by atoms with van der Waals surface area (Å²) in [5, 5.41) is 2.09. The van der Waals surface area contributed by atoms with E-state index in [4.69, 9.17) is 0 Å². The standard InChI is InChI=1S/C21H20N2OS/c1-15-12-20(22-19-9-5-4-8-18(15)19)25-14-21(24)23-11-10-16-6-2-3-7-17(16)13-23/h2-9,12H,10-11,13-14H2,1H3. The quantitative estimate of drug-likeness (QED) is 0.665. The molecule has 3 nitrogen and oxygen atoms in total. The van der Waals surface area contributed by atoms with E-state index in [1.807, 2.05) is 29.2 Å². The Bertz CT molecular complexity index is 938. The van der Waals surface area contributed by atoms with Gasteiger partial charge in [-0.25, -0.2) is 4.98 Å². The smallest absolute Gasteiger partial charge is 0.233 e. The maximum absolute atomic E-state index is 12.6. The summed E-state index contributed by atoms with van der Waals surface area (Å²) in [6, 6.07) is 18.6. The van der Waals surface area contributed by atoms with Crippen molar-refractivity contribution in [3.05, 3.63) is 71.3 Å². The van der Waals surface area contributed by atoms with Crippen LogP contribution in [0.3, 0.4) is 0 Å². The van der Waals surface area contributed by atoms with Crippen LogP contribution in [0.1, 0.15) is 16.7 Å². The molecule has 3 aromatic rings. The minimum atomic E-state index is 0.187. The number of amides is 1. The Morgan fingerprint density at radius 1 is 1.12 bits per heavy atom. The number of aromatic nitrogens is 1. The summed E-state index contributed by atoms with van der Waals surface area (Å²) in [5.74, 6) is 0.625. The first-order chi connectivity index (χ1) is 12.2. The van der Waals surface area contributed by atoms with Gasteiger partial charge in [0.25, 0.3) is 0 Å². The average molecular weight is 348 g/mol. The predicted molar refractivity (Wildman–Crippen MR) is 103 cm³/mol. The molecule has 0 saturated heterocycles. The van der Waals surface area contributed by atoms with Crippen LogP contribution in [0.25, 0.3) is 10.9 Å². The first kappa shape index (κ1) is 16.2. The summed E-state index contributed by atoms with van der Waals surface area (Å²) in [4.78, 5) is 19.2. The van der Waals surface area contributed by atoms with Gasteiger partial charge >= 0.3 is 0 Å². The molecule has 126 valence electrons. The molecule has 25 heavy (non-hydrogen) atoms. The van der Waals surface area contributed by atoms with Crippen LogP contribution in [0.4, 0.5) is 0 Å². The number of hydrogen-bond donors (Lipinski definition) is 0. The van der Waals surface area contributed by atoms with Crippen LogP contribution in [0.5, 0.6) is 0 Å². The predicted octanol–water partition coefficient (Wildman–Crippen LogP) is 4.22. The number of rotatable bonds is 3. The number of hydrogen-bond acceptors (Lipinski definition) is 3. The van der Waals surface area contributed by atoms with Gasteiger partial charge in [0.05, 0.1) is 16.3 Å². The number of nitrogens with zero attached hydrogens (tertiary/aromatic N) is 2. The highest BCUT2D eigenvalue weighted by Gasteiger charge is 2.20. The molecular weight excluding hydrogens is 328 g/mol. The highest BCUT2D eigenvalue weighted by Crippen LogP contribution is 2.25. The molecule has 0 aliphatic carbocycles. The van der Waals surface area contributed by atoms with Gasteiger partial charge < -0.3 is 4.90 Å². The van der Waals surface area contributed by atoms with E-state index in [9.17, 15) is 4.79 Å². The van der Waals surface area contributed by atoms with Crippen molar-refractivity contribution < 1.29 is 4.79 Å². The zero-order chi connectivity index (χ0) is 17.2. The van der Waals surface area contributed by atoms with Crippen LogP contribution in [-0.4, -0.2) is 28.1 Å². The molecule has 0 bridgehead atoms. The summed E-state index contributed by atoms with van der Waals surface area (Å²) < 4.78 is 0. The lowest BCUT2D eigenvalue weighted by Gasteiger charge is -2.28. The summed E-state index contributed by atoms with van der Waals surface area (Å²) in [7, 11) is 0. The molecule has 1 aliphatic heterocycles. The molecule has 0 N–H and O–H groups in total. The molecule has 2 aromatic carbocycles. The van der Waals surface area contributed by atoms with E-state index in [-0.39, 0.29) is 5.91 Å². The molecule has 4 rings (SSSR count). The third-order valence-corrected chi connectivity index (χ3v) is 5.62. The van der Waals surface area contributed by atoms with Gasteiger partial charge in [-0.15, -0.1) is 0 Å². The molecule has 1 aliphatic rings. The zero-order valence-corrected chi connectivity index (χ0v) is 15.1. The number of carbonyl (C=O) groups is 1. The van der Waals surface area contributed by atoms with Crippen molar-refractivity contribution in [3.63, 3.8) is 0 Å². The Kier molecular flexibility index (Phi) is 4.45. The fraction of sp³-hybridized carbons (Fsp3) is 0.238. The van der Waals surface area contributed by atoms with Gasteiger partial charge in [0.1, 0.15) is 0 Å². The van der Waals surface area contributed by atoms with Crippen molar-refractivity contribution in [1.82, 2.24) is 9.88 Å². The number of para-hydroxylation sites is 1. The second-order valence-electron chi connectivity index (χ2n) is 6.42. The average Bonchev–Trinajstić information content (AvgIpc) is 2.66. The van der Waals surface area contributed by atoms with Crippen LogP contribution in [0.2, 0.25) is 0 Å². The van der Waals surface area contributed by atoms with Gasteiger partial charge in [-0.2, -0.15) is 0 Å². The lowest BCUT2D eigenvalue weighted by molar-refractivity contribution is -0.129. The SMILES string of the molecule is Cc1cc(SCC(=O)N2CCc3ccccc3C2)nc2ccccc12. The molecule has 0 radical (unpaired) electrons. The van der Waals surface area contributed by atoms with E-state index in [2.05, 4.69) is 42.2 Å². The van der Waals surface area contributed by atoms with Crippen molar-refractivity contribution in [2.45, 2.75) is 24.9 Å². The monoisotopic (exact) mass is 348 g/mol. The van der Waals surface area contributed by atoms with Crippen LogP contribution in [0, 0.1) is 6.92 Å². The maximum Gasteiger partial charge on any atom is 0.233 e. The van der Waals surface area contributed by atoms with Crippen LogP contribution < -0.4 is 0 Å². The molecule has 4 heteroatoms. The third kappa shape index (κ3) is 3.40. The third-order valence-electron chi connectivity index (χ3n) is 4.73. The fourth-order valence-corrected chi connectivity index (χ4v) is 4.20. The van der Waals surface area contributed by atoms with E-state index >= 15 is 0 Å². The van der Waals surface area contributed by atoms with Gasteiger partial charge in [-0.1, -0.05) is 54.2 Å². The van der Waals surface area contributed by atoms with Crippen molar-refractivity contribution >= 4 is 28.6 Å². The van der Waals surface area contributed by atoms with Crippen LogP contribution in [-0.2, 0) is 17.8 Å². The minimum Gasteiger partial charge on any atom is -0.337 e. The summed E-state index contributed by atoms with van der Waals surface area (Å²) in [5.41, 5.74) is 4.83. The zero-order valence-electron chi connectivity index (χ0n) is 14.2. The number of benzene rings is 2. The van der Waals surface area contributed by atoms with E-state index in [1.54, 1.807) is 0 Å². The summed E-state index contributed by atoms with van der Waals surface area (Å²) in [6.07, 6.45) is 0.944. The molecule has 1 aromatic heterocycles. The lowest BCUT2D eigenvalue weighted by Crippen LogP contribution is -2.37. The van der Waals surface area contributed by atoms with Crippen LogP contribution in [0.15, 0.2) is 59.6 Å². The van der Waals surface area contributed by atoms with Gasteiger partial charge in [-0.3, -0.25) is 4.79 Å². The van der Waals surface area contributed by atoms with E-state index in [0.29, 0.717) is 5.75 Å². The van der Waals surface area contributed by atoms with Crippen LogP contribution >= 0.6 is 11.8 Å². The normalized spacial score (nSPS) is 13.7. The van der Waals surface area contributed by atoms with Gasteiger partial charge in [0.15, 0.2) is 0 Å². The van der Waals surface area contributed by atoms with E-state index in [1.165, 1.54) is 33.8 Å².